The third kappa shape index (κ3) is 4.37. The van der Waals surface area contributed by atoms with Gasteiger partial charge in [-0.3, -0.25) is 4.68 Å². The number of rotatable bonds is 8. The van der Waals surface area contributed by atoms with E-state index in [2.05, 4.69) is 10.4 Å². The van der Waals surface area contributed by atoms with Gasteiger partial charge in [0, 0.05) is 25.4 Å². The number of benzene rings is 1. The summed E-state index contributed by atoms with van der Waals surface area (Å²) in [5, 5.41) is 17.3. The molecule has 23 heavy (non-hydrogen) atoms. The zero-order chi connectivity index (χ0) is 16.1. The molecule has 2 N–H and O–H groups in total. The first kappa shape index (κ1) is 15.6. The van der Waals surface area contributed by atoms with Crippen LogP contribution in [0.5, 0.6) is 17.2 Å². The molecule has 7 nitrogen and oxygen atoms in total. The van der Waals surface area contributed by atoms with Crippen LogP contribution in [-0.2, 0) is 6.54 Å². The Bertz CT molecular complexity index is 644. The largest absolute Gasteiger partial charge is 0.491 e. The molecule has 0 bridgehead atoms. The van der Waals surface area contributed by atoms with Crippen LogP contribution in [0.1, 0.15) is 5.56 Å². The smallest absolute Gasteiger partial charge is 0.231 e. The SMILES string of the molecule is Cc1cnn(CCNC[C@@H](O)COc2ccc3c(c2)OCO3)c1. The summed E-state index contributed by atoms with van der Waals surface area (Å²) in [4.78, 5) is 0. The van der Waals surface area contributed by atoms with Crippen molar-refractivity contribution >= 4 is 0 Å². The van der Waals surface area contributed by atoms with Crippen LogP contribution in [0, 0.1) is 6.92 Å². The van der Waals surface area contributed by atoms with Gasteiger partial charge in [-0.15, -0.1) is 0 Å². The molecule has 0 aliphatic carbocycles. The molecule has 1 aromatic carbocycles. The summed E-state index contributed by atoms with van der Waals surface area (Å²) in [5.74, 6) is 2.04. The van der Waals surface area contributed by atoms with E-state index in [1.54, 1.807) is 18.2 Å². The Morgan fingerprint density at radius 1 is 1.39 bits per heavy atom. The first-order valence-corrected chi connectivity index (χ1v) is 7.61. The minimum atomic E-state index is -0.584. The number of aromatic nitrogens is 2. The zero-order valence-corrected chi connectivity index (χ0v) is 13.1. The van der Waals surface area contributed by atoms with Crippen LogP contribution in [0.3, 0.4) is 0 Å². The number of aliphatic hydroxyl groups excluding tert-OH is 1. The van der Waals surface area contributed by atoms with Crippen molar-refractivity contribution in [1.82, 2.24) is 15.1 Å². The molecule has 3 rings (SSSR count). The molecule has 0 unspecified atom stereocenters. The van der Waals surface area contributed by atoms with E-state index in [1.807, 2.05) is 24.0 Å². The van der Waals surface area contributed by atoms with Gasteiger partial charge in [0.15, 0.2) is 11.5 Å². The average Bonchev–Trinajstić information content (AvgIpc) is 3.17. The molecule has 0 saturated carbocycles. The van der Waals surface area contributed by atoms with Crippen LogP contribution in [0.15, 0.2) is 30.6 Å². The number of nitrogens with one attached hydrogen (secondary N) is 1. The van der Waals surface area contributed by atoms with E-state index in [-0.39, 0.29) is 13.4 Å². The van der Waals surface area contributed by atoms with Crippen LogP contribution in [-0.4, -0.2) is 47.5 Å². The van der Waals surface area contributed by atoms with Gasteiger partial charge in [-0.25, -0.2) is 0 Å². The van der Waals surface area contributed by atoms with Gasteiger partial charge in [0.1, 0.15) is 18.5 Å². The van der Waals surface area contributed by atoms with Crippen molar-refractivity contribution in [3.8, 4) is 17.2 Å². The quantitative estimate of drug-likeness (QED) is 0.706. The Hall–Kier alpha value is -2.25. The normalized spacial score (nSPS) is 14.0. The minimum absolute atomic E-state index is 0.216. The maximum absolute atomic E-state index is 9.94. The Labute approximate surface area is 134 Å². The lowest BCUT2D eigenvalue weighted by Gasteiger charge is -2.13. The van der Waals surface area contributed by atoms with Crippen LogP contribution in [0.4, 0.5) is 0 Å². The van der Waals surface area contributed by atoms with Gasteiger partial charge >= 0.3 is 0 Å². The van der Waals surface area contributed by atoms with E-state index in [0.29, 0.717) is 23.8 Å². The highest BCUT2D eigenvalue weighted by Gasteiger charge is 2.14. The van der Waals surface area contributed by atoms with Crippen molar-refractivity contribution in [3.05, 3.63) is 36.2 Å². The van der Waals surface area contributed by atoms with Gasteiger partial charge in [-0.1, -0.05) is 0 Å². The molecule has 1 aromatic heterocycles. The molecule has 2 heterocycles. The number of hydrogen-bond acceptors (Lipinski definition) is 6. The molecule has 1 atom stereocenters. The standard InChI is InChI=1S/C16H21N3O4/c1-12-7-18-19(9-12)5-4-17-8-13(20)10-21-14-2-3-15-16(6-14)23-11-22-15/h2-3,6-7,9,13,17,20H,4-5,8,10-11H2,1H3/t13-/m1/s1. The highest BCUT2D eigenvalue weighted by molar-refractivity contribution is 5.46. The van der Waals surface area contributed by atoms with Crippen molar-refractivity contribution in [2.75, 3.05) is 26.5 Å². The van der Waals surface area contributed by atoms with Crippen molar-refractivity contribution in [3.63, 3.8) is 0 Å². The van der Waals surface area contributed by atoms with Gasteiger partial charge in [-0.05, 0) is 24.6 Å². The lowest BCUT2D eigenvalue weighted by atomic mass is 10.3. The summed E-state index contributed by atoms with van der Waals surface area (Å²) in [6.45, 7) is 4.43. The summed E-state index contributed by atoms with van der Waals surface area (Å²) < 4.78 is 18.0. The molecular weight excluding hydrogens is 298 g/mol. The molecule has 0 fully saturated rings. The minimum Gasteiger partial charge on any atom is -0.491 e. The third-order valence-corrected chi connectivity index (χ3v) is 3.45. The van der Waals surface area contributed by atoms with Gasteiger partial charge in [-0.2, -0.15) is 5.10 Å². The van der Waals surface area contributed by atoms with Crippen LogP contribution >= 0.6 is 0 Å². The highest BCUT2D eigenvalue weighted by Crippen LogP contribution is 2.35. The predicted molar refractivity (Wildman–Crippen MR) is 83.9 cm³/mol. The van der Waals surface area contributed by atoms with E-state index in [0.717, 1.165) is 18.7 Å². The number of hydrogen-bond donors (Lipinski definition) is 2. The lowest BCUT2D eigenvalue weighted by molar-refractivity contribution is 0.106. The molecule has 124 valence electrons. The van der Waals surface area contributed by atoms with E-state index in [1.165, 1.54) is 0 Å². The summed E-state index contributed by atoms with van der Waals surface area (Å²) in [6, 6.07) is 5.37. The van der Waals surface area contributed by atoms with Crippen molar-refractivity contribution < 1.29 is 19.3 Å². The topological polar surface area (TPSA) is 77.8 Å². The van der Waals surface area contributed by atoms with E-state index >= 15 is 0 Å². The fourth-order valence-corrected chi connectivity index (χ4v) is 2.27. The molecule has 7 heteroatoms. The fourth-order valence-electron chi connectivity index (χ4n) is 2.27. The average molecular weight is 319 g/mol. The first-order valence-electron chi connectivity index (χ1n) is 7.61. The van der Waals surface area contributed by atoms with E-state index in [9.17, 15) is 5.11 Å². The van der Waals surface area contributed by atoms with Gasteiger partial charge in [0.05, 0.1) is 12.7 Å². The predicted octanol–water partition coefficient (Wildman–Crippen LogP) is 0.950. The van der Waals surface area contributed by atoms with Crippen molar-refractivity contribution in [2.45, 2.75) is 19.6 Å². The van der Waals surface area contributed by atoms with Gasteiger partial charge in [0.25, 0.3) is 0 Å². The van der Waals surface area contributed by atoms with Crippen LogP contribution in [0.25, 0.3) is 0 Å². The number of fused-ring (bicyclic) bond motifs is 1. The zero-order valence-electron chi connectivity index (χ0n) is 13.1. The molecule has 1 aliphatic heterocycles. The second-order valence-corrected chi connectivity index (χ2v) is 5.46. The molecular formula is C16H21N3O4. The van der Waals surface area contributed by atoms with E-state index in [4.69, 9.17) is 14.2 Å². The number of nitrogens with zero attached hydrogens (tertiary/aromatic N) is 2. The van der Waals surface area contributed by atoms with Gasteiger partial charge < -0.3 is 24.6 Å². The lowest BCUT2D eigenvalue weighted by Crippen LogP contribution is -2.33. The molecule has 1 aliphatic rings. The molecule has 0 saturated heterocycles. The Balaban J connectivity index is 1.34. The number of ether oxygens (including phenoxy) is 3. The Kier molecular flexibility index (Phi) is 4.99. The summed E-state index contributed by atoms with van der Waals surface area (Å²) >= 11 is 0. The fraction of sp³-hybridized carbons (Fsp3) is 0.438. The summed E-state index contributed by atoms with van der Waals surface area (Å²) in [5.41, 5.74) is 1.14. The second kappa shape index (κ2) is 7.34. The monoisotopic (exact) mass is 319 g/mol. The molecule has 0 amide bonds. The third-order valence-electron chi connectivity index (χ3n) is 3.45. The van der Waals surface area contributed by atoms with Crippen LogP contribution in [0.2, 0.25) is 0 Å². The first-order chi connectivity index (χ1) is 11.2. The van der Waals surface area contributed by atoms with E-state index < -0.39 is 6.10 Å². The molecule has 0 radical (unpaired) electrons. The summed E-state index contributed by atoms with van der Waals surface area (Å²) in [7, 11) is 0. The molecule has 2 aromatic rings. The highest BCUT2D eigenvalue weighted by atomic mass is 16.7. The maximum Gasteiger partial charge on any atom is 0.231 e. The second-order valence-electron chi connectivity index (χ2n) is 5.46. The summed E-state index contributed by atoms with van der Waals surface area (Å²) in [6.07, 6.45) is 3.23. The number of aliphatic hydroxyl groups is 1. The van der Waals surface area contributed by atoms with Gasteiger partial charge in [0.2, 0.25) is 6.79 Å². The van der Waals surface area contributed by atoms with Crippen molar-refractivity contribution in [2.24, 2.45) is 0 Å². The van der Waals surface area contributed by atoms with Crippen molar-refractivity contribution in [1.29, 1.82) is 0 Å². The Morgan fingerprint density at radius 2 is 2.26 bits per heavy atom. The number of aryl methyl sites for hydroxylation is 1. The Morgan fingerprint density at radius 3 is 3.09 bits per heavy atom. The van der Waals surface area contributed by atoms with Crippen LogP contribution < -0.4 is 19.5 Å². The maximum atomic E-state index is 9.94. The molecule has 0 spiro atoms.